The summed E-state index contributed by atoms with van der Waals surface area (Å²) < 4.78 is 0.203. The molecule has 1 saturated heterocycles. The Bertz CT molecular complexity index is 587. The molecule has 3 rings (SSSR count). The first kappa shape index (κ1) is 15.4. The molecule has 22 heavy (non-hydrogen) atoms. The van der Waals surface area contributed by atoms with Gasteiger partial charge >= 0.3 is 0 Å². The molecule has 0 bridgehead atoms. The summed E-state index contributed by atoms with van der Waals surface area (Å²) in [5, 5.41) is 1.13. The summed E-state index contributed by atoms with van der Waals surface area (Å²) in [5.41, 5.74) is 0.596. The fraction of sp³-hybridized carbons (Fsp3) is 0.667. The number of aromatic nitrogens is 2. The molecular weight excluding hydrogens is 298 g/mol. The van der Waals surface area contributed by atoms with Gasteiger partial charge in [-0.05, 0) is 13.8 Å². The first-order valence-corrected chi connectivity index (χ1v) is 8.62. The van der Waals surface area contributed by atoms with Crippen LogP contribution in [0.2, 0.25) is 0 Å². The molecule has 0 spiro atoms. The Balaban J connectivity index is 1.56. The Morgan fingerprint density at radius 3 is 2.64 bits per heavy atom. The number of H-pyrrole nitrogens is 1. The molecule has 0 saturated carbocycles. The van der Waals surface area contributed by atoms with Crippen LogP contribution >= 0.6 is 11.8 Å². The van der Waals surface area contributed by atoms with E-state index in [1.165, 1.54) is 0 Å². The standard InChI is InChI=1S/C15H23N5OS/c1-4-12-16-9-11(18-12)13(21)19-5-7-20(8-6-19)14-17-10-15(2,3)22-14/h9H,4-8,10H2,1-3H3,(H,16,18). The number of thioether (sulfide) groups is 1. The molecule has 6 nitrogen and oxygen atoms in total. The number of nitrogens with one attached hydrogen (secondary N) is 1. The van der Waals surface area contributed by atoms with Crippen molar-refractivity contribution in [2.75, 3.05) is 32.7 Å². The molecule has 120 valence electrons. The van der Waals surface area contributed by atoms with E-state index in [2.05, 4.69) is 33.7 Å². The van der Waals surface area contributed by atoms with Gasteiger partial charge in [0.15, 0.2) is 5.17 Å². The fourth-order valence-electron chi connectivity index (χ4n) is 2.66. The lowest BCUT2D eigenvalue weighted by Crippen LogP contribution is -2.50. The van der Waals surface area contributed by atoms with Crippen LogP contribution in [0.25, 0.3) is 0 Å². The highest BCUT2D eigenvalue weighted by Gasteiger charge is 2.32. The van der Waals surface area contributed by atoms with Crippen LogP contribution in [0.1, 0.15) is 37.1 Å². The van der Waals surface area contributed by atoms with Gasteiger partial charge in [-0.2, -0.15) is 0 Å². The molecule has 0 aliphatic carbocycles. The van der Waals surface area contributed by atoms with Crippen LogP contribution in [0.15, 0.2) is 11.2 Å². The maximum Gasteiger partial charge on any atom is 0.272 e. The largest absolute Gasteiger partial charge is 0.348 e. The number of aryl methyl sites for hydroxylation is 1. The lowest BCUT2D eigenvalue weighted by molar-refractivity contribution is 0.0688. The molecule has 0 aromatic carbocycles. The van der Waals surface area contributed by atoms with Crippen molar-refractivity contribution >= 4 is 22.8 Å². The number of aliphatic imine (C=N–C) groups is 1. The number of hydrogen-bond acceptors (Lipinski definition) is 5. The normalized spacial score (nSPS) is 21.1. The highest BCUT2D eigenvalue weighted by Crippen LogP contribution is 2.33. The van der Waals surface area contributed by atoms with Gasteiger partial charge in [0, 0.05) is 37.3 Å². The fourth-order valence-corrected chi connectivity index (χ4v) is 3.72. The van der Waals surface area contributed by atoms with E-state index in [0.29, 0.717) is 5.69 Å². The first-order chi connectivity index (χ1) is 10.5. The van der Waals surface area contributed by atoms with Gasteiger partial charge < -0.3 is 14.8 Å². The van der Waals surface area contributed by atoms with E-state index in [1.54, 1.807) is 6.20 Å². The van der Waals surface area contributed by atoms with Crippen LogP contribution in [0.4, 0.5) is 0 Å². The van der Waals surface area contributed by atoms with Crippen molar-refractivity contribution in [3.8, 4) is 0 Å². The Kier molecular flexibility index (Phi) is 4.16. The van der Waals surface area contributed by atoms with Gasteiger partial charge in [0.2, 0.25) is 0 Å². The number of imidazole rings is 1. The zero-order valence-corrected chi connectivity index (χ0v) is 14.2. The van der Waals surface area contributed by atoms with E-state index in [0.717, 1.165) is 50.1 Å². The summed E-state index contributed by atoms with van der Waals surface area (Å²) in [5.74, 6) is 0.911. The molecule has 2 aliphatic heterocycles. The van der Waals surface area contributed by atoms with E-state index in [1.807, 2.05) is 23.6 Å². The second kappa shape index (κ2) is 5.95. The van der Waals surface area contributed by atoms with Gasteiger partial charge in [0.1, 0.15) is 11.5 Å². The highest BCUT2D eigenvalue weighted by atomic mass is 32.2. The Morgan fingerprint density at radius 1 is 1.36 bits per heavy atom. The van der Waals surface area contributed by atoms with Crippen molar-refractivity contribution in [1.29, 1.82) is 0 Å². The predicted octanol–water partition coefficient (Wildman–Crippen LogP) is 1.61. The third-order valence-electron chi connectivity index (χ3n) is 3.99. The molecule has 1 aromatic rings. The van der Waals surface area contributed by atoms with Crippen molar-refractivity contribution in [2.24, 2.45) is 4.99 Å². The van der Waals surface area contributed by atoms with Gasteiger partial charge in [-0.25, -0.2) is 4.98 Å². The average Bonchev–Trinajstić information content (AvgIpc) is 3.13. The molecule has 1 fully saturated rings. The van der Waals surface area contributed by atoms with Gasteiger partial charge in [0.25, 0.3) is 5.91 Å². The monoisotopic (exact) mass is 321 g/mol. The topological polar surface area (TPSA) is 64.6 Å². The van der Waals surface area contributed by atoms with Crippen LogP contribution in [0, 0.1) is 0 Å². The van der Waals surface area contributed by atoms with Gasteiger partial charge in [0.05, 0.1) is 12.7 Å². The van der Waals surface area contributed by atoms with E-state index >= 15 is 0 Å². The molecule has 7 heteroatoms. The van der Waals surface area contributed by atoms with Crippen molar-refractivity contribution < 1.29 is 4.79 Å². The molecule has 0 unspecified atom stereocenters. The number of nitrogens with zero attached hydrogens (tertiary/aromatic N) is 4. The van der Waals surface area contributed by atoms with Crippen molar-refractivity contribution in [3.63, 3.8) is 0 Å². The van der Waals surface area contributed by atoms with Gasteiger partial charge in [-0.15, -0.1) is 0 Å². The van der Waals surface area contributed by atoms with Crippen LogP contribution < -0.4 is 0 Å². The average molecular weight is 321 g/mol. The number of carbonyl (C=O) groups excluding carboxylic acids is 1. The number of piperazine rings is 1. The molecule has 1 aromatic heterocycles. The summed E-state index contributed by atoms with van der Waals surface area (Å²) >= 11 is 1.84. The second-order valence-corrected chi connectivity index (χ2v) is 8.01. The summed E-state index contributed by atoms with van der Waals surface area (Å²) in [7, 11) is 0. The number of rotatable bonds is 2. The zero-order valence-electron chi connectivity index (χ0n) is 13.4. The Labute approximate surface area is 135 Å². The molecule has 3 heterocycles. The molecule has 0 radical (unpaired) electrons. The van der Waals surface area contributed by atoms with Crippen molar-refractivity contribution in [2.45, 2.75) is 31.9 Å². The minimum atomic E-state index is 0.0493. The number of aromatic amines is 1. The summed E-state index contributed by atoms with van der Waals surface area (Å²) in [6.45, 7) is 10.5. The second-order valence-electron chi connectivity index (χ2n) is 6.34. The van der Waals surface area contributed by atoms with E-state index in [4.69, 9.17) is 0 Å². The quantitative estimate of drug-likeness (QED) is 0.899. The Hall–Kier alpha value is -1.50. The first-order valence-electron chi connectivity index (χ1n) is 7.80. The molecule has 1 amide bonds. The van der Waals surface area contributed by atoms with Crippen LogP contribution in [-0.4, -0.2) is 68.3 Å². The van der Waals surface area contributed by atoms with Gasteiger partial charge in [-0.1, -0.05) is 18.7 Å². The van der Waals surface area contributed by atoms with Crippen molar-refractivity contribution in [1.82, 2.24) is 19.8 Å². The minimum Gasteiger partial charge on any atom is -0.348 e. The lowest BCUT2D eigenvalue weighted by atomic mass is 10.2. The third-order valence-corrected chi connectivity index (χ3v) is 5.25. The maximum atomic E-state index is 12.5. The highest BCUT2D eigenvalue weighted by molar-refractivity contribution is 8.15. The predicted molar refractivity (Wildman–Crippen MR) is 89.4 cm³/mol. The minimum absolute atomic E-state index is 0.0493. The van der Waals surface area contributed by atoms with Crippen molar-refractivity contribution in [3.05, 3.63) is 17.7 Å². The summed E-state index contributed by atoms with van der Waals surface area (Å²) in [6.07, 6.45) is 2.46. The lowest BCUT2D eigenvalue weighted by Gasteiger charge is -2.35. The van der Waals surface area contributed by atoms with E-state index in [9.17, 15) is 4.79 Å². The third kappa shape index (κ3) is 3.14. The van der Waals surface area contributed by atoms with E-state index in [-0.39, 0.29) is 10.7 Å². The van der Waals surface area contributed by atoms with Gasteiger partial charge in [-0.3, -0.25) is 9.79 Å². The number of amidine groups is 1. The number of hydrogen-bond donors (Lipinski definition) is 1. The van der Waals surface area contributed by atoms with E-state index < -0.39 is 0 Å². The maximum absolute atomic E-state index is 12.5. The SMILES string of the molecule is CCc1ncc(C(=O)N2CCN(C3=NCC(C)(C)S3)CC2)[nH]1. The molecule has 2 aliphatic rings. The molecular formula is C15H23N5OS. The molecule has 0 atom stereocenters. The Morgan fingerprint density at radius 2 is 2.09 bits per heavy atom. The van der Waals surface area contributed by atoms with Crippen LogP contribution in [-0.2, 0) is 6.42 Å². The number of amides is 1. The number of carbonyl (C=O) groups is 1. The van der Waals surface area contributed by atoms with Crippen LogP contribution in [0.3, 0.4) is 0 Å². The summed E-state index contributed by atoms with van der Waals surface area (Å²) in [4.78, 5) is 28.6. The zero-order chi connectivity index (χ0) is 15.7. The summed E-state index contributed by atoms with van der Waals surface area (Å²) in [6, 6.07) is 0. The smallest absolute Gasteiger partial charge is 0.272 e. The van der Waals surface area contributed by atoms with Crippen LogP contribution in [0.5, 0.6) is 0 Å². The molecule has 1 N–H and O–H groups in total.